The number of para-hydroxylation sites is 1. The van der Waals surface area contributed by atoms with Crippen LogP contribution in [0.3, 0.4) is 0 Å². The number of rotatable bonds is 8. The molecule has 0 bridgehead atoms. The zero-order chi connectivity index (χ0) is 17.4. The number of benzene rings is 2. The molecule has 0 saturated heterocycles. The van der Waals surface area contributed by atoms with Gasteiger partial charge >= 0.3 is 0 Å². The van der Waals surface area contributed by atoms with Crippen LogP contribution in [-0.2, 0) is 4.79 Å². The summed E-state index contributed by atoms with van der Waals surface area (Å²) in [6.45, 7) is 3.63. The predicted molar refractivity (Wildman–Crippen MR) is 100 cm³/mol. The number of nitrogens with one attached hydrogen (secondary N) is 1. The van der Waals surface area contributed by atoms with Crippen molar-refractivity contribution in [3.63, 3.8) is 0 Å². The molecule has 0 aliphatic carbocycles. The molecule has 128 valence electrons. The van der Waals surface area contributed by atoms with Gasteiger partial charge in [-0.2, -0.15) is 0 Å². The molecule has 0 aliphatic rings. The van der Waals surface area contributed by atoms with Crippen LogP contribution < -0.4 is 16.0 Å². The predicted octanol–water partition coefficient (Wildman–Crippen LogP) is 3.03. The lowest BCUT2D eigenvalue weighted by Crippen LogP contribution is -2.34. The normalized spacial score (nSPS) is 11.8. The monoisotopic (exact) mass is 325 g/mol. The van der Waals surface area contributed by atoms with Crippen molar-refractivity contribution in [2.24, 2.45) is 5.73 Å². The van der Waals surface area contributed by atoms with Crippen molar-refractivity contribution in [2.75, 3.05) is 25.0 Å². The van der Waals surface area contributed by atoms with Crippen molar-refractivity contribution in [1.29, 1.82) is 0 Å². The van der Waals surface area contributed by atoms with Gasteiger partial charge in [-0.1, -0.05) is 48.0 Å². The summed E-state index contributed by atoms with van der Waals surface area (Å²) in [5.74, 6) is -0.115. The van der Waals surface area contributed by atoms with Gasteiger partial charge in [0, 0.05) is 25.8 Å². The molecular weight excluding hydrogens is 298 g/mol. The number of nitrogens with two attached hydrogens (primary N) is 1. The van der Waals surface area contributed by atoms with E-state index in [4.69, 9.17) is 5.73 Å². The summed E-state index contributed by atoms with van der Waals surface area (Å²) in [4.78, 5) is 14.3. The number of hydrogen-bond acceptors (Lipinski definition) is 3. The van der Waals surface area contributed by atoms with Crippen molar-refractivity contribution in [3.05, 3.63) is 65.7 Å². The van der Waals surface area contributed by atoms with Crippen LogP contribution in [0.15, 0.2) is 54.6 Å². The second kappa shape index (κ2) is 9.08. The summed E-state index contributed by atoms with van der Waals surface area (Å²) in [5, 5.41) is 2.93. The van der Waals surface area contributed by atoms with E-state index in [0.29, 0.717) is 6.54 Å². The molecule has 4 heteroatoms. The fourth-order valence-electron chi connectivity index (χ4n) is 2.53. The van der Waals surface area contributed by atoms with Gasteiger partial charge in [0.1, 0.15) is 6.04 Å². The van der Waals surface area contributed by atoms with Crippen LogP contribution in [0.4, 0.5) is 5.69 Å². The highest BCUT2D eigenvalue weighted by atomic mass is 16.2. The van der Waals surface area contributed by atoms with E-state index in [9.17, 15) is 4.79 Å². The number of anilines is 1. The fraction of sp³-hybridized carbons (Fsp3) is 0.350. The zero-order valence-electron chi connectivity index (χ0n) is 14.5. The quantitative estimate of drug-likeness (QED) is 0.734. The number of nitrogens with zero attached hydrogens (tertiary/aromatic N) is 1. The number of carbonyl (C=O) groups is 1. The fourth-order valence-corrected chi connectivity index (χ4v) is 2.53. The summed E-state index contributed by atoms with van der Waals surface area (Å²) in [6, 6.07) is 17.5. The maximum atomic E-state index is 12.1. The summed E-state index contributed by atoms with van der Waals surface area (Å²) in [6.07, 6.45) is 1.95. The first-order valence-electron chi connectivity index (χ1n) is 8.44. The second-order valence-corrected chi connectivity index (χ2v) is 6.14. The largest absolute Gasteiger partial charge is 0.375 e. The molecule has 0 fully saturated rings. The van der Waals surface area contributed by atoms with Crippen molar-refractivity contribution < 1.29 is 4.79 Å². The first kappa shape index (κ1) is 18.0. The average Bonchev–Trinajstić information content (AvgIpc) is 2.62. The van der Waals surface area contributed by atoms with Crippen LogP contribution in [0.25, 0.3) is 0 Å². The Hall–Kier alpha value is -2.33. The summed E-state index contributed by atoms with van der Waals surface area (Å²) < 4.78 is 0. The standard InChI is InChI=1S/C20H27N3O/c1-16-10-12-17(13-11-16)19(21)20(24)22-14-6-7-15-23(2)18-8-4-3-5-9-18/h3-5,8-13,19H,6-7,14-15,21H2,1-2H3,(H,22,24). The van der Waals surface area contributed by atoms with E-state index in [1.54, 1.807) is 0 Å². The number of carbonyl (C=O) groups excluding carboxylic acids is 1. The number of unbranched alkanes of at least 4 members (excludes halogenated alkanes) is 1. The summed E-state index contributed by atoms with van der Waals surface area (Å²) in [5.41, 5.74) is 9.23. The van der Waals surface area contributed by atoms with E-state index in [1.165, 1.54) is 5.69 Å². The molecule has 3 N–H and O–H groups in total. The van der Waals surface area contributed by atoms with Gasteiger partial charge in [-0.05, 0) is 37.5 Å². The van der Waals surface area contributed by atoms with Crippen molar-refractivity contribution >= 4 is 11.6 Å². The van der Waals surface area contributed by atoms with Gasteiger partial charge in [-0.25, -0.2) is 0 Å². The molecule has 0 aromatic heterocycles. The lowest BCUT2D eigenvalue weighted by atomic mass is 10.1. The molecule has 0 saturated carbocycles. The average molecular weight is 325 g/mol. The molecule has 2 aromatic carbocycles. The van der Waals surface area contributed by atoms with E-state index in [0.717, 1.165) is 30.5 Å². The summed E-state index contributed by atoms with van der Waals surface area (Å²) >= 11 is 0. The van der Waals surface area contributed by atoms with Gasteiger partial charge < -0.3 is 16.0 Å². The Morgan fingerprint density at radius 2 is 1.75 bits per heavy atom. The van der Waals surface area contributed by atoms with Crippen LogP contribution in [0.5, 0.6) is 0 Å². The second-order valence-electron chi connectivity index (χ2n) is 6.14. The minimum absolute atomic E-state index is 0.115. The first-order valence-corrected chi connectivity index (χ1v) is 8.44. The zero-order valence-corrected chi connectivity index (χ0v) is 14.5. The molecule has 1 unspecified atom stereocenters. The Morgan fingerprint density at radius 1 is 1.08 bits per heavy atom. The Labute approximate surface area is 144 Å². The molecule has 1 amide bonds. The lowest BCUT2D eigenvalue weighted by Gasteiger charge is -2.19. The van der Waals surface area contributed by atoms with Crippen LogP contribution in [0.1, 0.15) is 30.0 Å². The SMILES string of the molecule is Cc1ccc(C(N)C(=O)NCCCCN(C)c2ccccc2)cc1. The van der Waals surface area contributed by atoms with Crippen LogP contribution >= 0.6 is 0 Å². The highest BCUT2D eigenvalue weighted by Crippen LogP contribution is 2.12. The van der Waals surface area contributed by atoms with Crippen molar-refractivity contribution in [1.82, 2.24) is 5.32 Å². The molecular formula is C20H27N3O. The van der Waals surface area contributed by atoms with Gasteiger partial charge in [-0.15, -0.1) is 0 Å². The van der Waals surface area contributed by atoms with E-state index in [2.05, 4.69) is 29.4 Å². The van der Waals surface area contributed by atoms with Crippen LogP contribution in [-0.4, -0.2) is 26.0 Å². The Bertz CT molecular complexity index is 625. The van der Waals surface area contributed by atoms with Crippen molar-refractivity contribution in [2.45, 2.75) is 25.8 Å². The molecule has 0 heterocycles. The minimum Gasteiger partial charge on any atom is -0.375 e. The molecule has 2 rings (SSSR count). The third kappa shape index (κ3) is 5.39. The van der Waals surface area contributed by atoms with Gasteiger partial charge in [0.15, 0.2) is 0 Å². The van der Waals surface area contributed by atoms with E-state index < -0.39 is 6.04 Å². The van der Waals surface area contributed by atoms with Gasteiger partial charge in [0.25, 0.3) is 0 Å². The number of hydrogen-bond donors (Lipinski definition) is 2. The topological polar surface area (TPSA) is 58.4 Å². The summed E-state index contributed by atoms with van der Waals surface area (Å²) in [7, 11) is 2.08. The molecule has 4 nitrogen and oxygen atoms in total. The smallest absolute Gasteiger partial charge is 0.241 e. The van der Waals surface area contributed by atoms with Crippen molar-refractivity contribution in [3.8, 4) is 0 Å². The van der Waals surface area contributed by atoms with E-state index in [-0.39, 0.29) is 5.91 Å². The third-order valence-electron chi connectivity index (χ3n) is 4.14. The van der Waals surface area contributed by atoms with Gasteiger partial charge in [-0.3, -0.25) is 4.79 Å². The Balaban J connectivity index is 1.66. The van der Waals surface area contributed by atoms with Crippen LogP contribution in [0, 0.1) is 6.92 Å². The maximum absolute atomic E-state index is 12.1. The highest BCUT2D eigenvalue weighted by Gasteiger charge is 2.14. The minimum atomic E-state index is -0.599. The number of amides is 1. The molecule has 24 heavy (non-hydrogen) atoms. The number of aryl methyl sites for hydroxylation is 1. The molecule has 0 spiro atoms. The molecule has 0 aliphatic heterocycles. The highest BCUT2D eigenvalue weighted by molar-refractivity contribution is 5.82. The lowest BCUT2D eigenvalue weighted by molar-refractivity contribution is -0.122. The van der Waals surface area contributed by atoms with Gasteiger partial charge in [0.05, 0.1) is 0 Å². The Morgan fingerprint density at radius 3 is 2.42 bits per heavy atom. The van der Waals surface area contributed by atoms with E-state index >= 15 is 0 Å². The maximum Gasteiger partial charge on any atom is 0.241 e. The molecule has 2 aromatic rings. The van der Waals surface area contributed by atoms with E-state index in [1.807, 2.05) is 49.4 Å². The van der Waals surface area contributed by atoms with Gasteiger partial charge in [0.2, 0.25) is 5.91 Å². The molecule has 1 atom stereocenters. The van der Waals surface area contributed by atoms with Crippen LogP contribution in [0.2, 0.25) is 0 Å². The Kier molecular flexibility index (Phi) is 6.82. The first-order chi connectivity index (χ1) is 11.6. The molecule has 0 radical (unpaired) electrons. The third-order valence-corrected chi connectivity index (χ3v) is 4.14.